The first-order valence-electron chi connectivity index (χ1n) is 8.33. The summed E-state index contributed by atoms with van der Waals surface area (Å²) >= 11 is 0. The monoisotopic (exact) mass is 312 g/mol. The van der Waals surface area contributed by atoms with E-state index in [1.165, 1.54) is 12.8 Å². The standard InChI is InChI=1S/C18H24N4O/c1-13(14-5-8-19-9-6-14)11-18(23)21-16-4-2-3-15(12-16)17-7-10-20-22-17/h2-4,7,10,12-14,19H,5-6,8-9,11H2,1H3,(H,20,22)(H,21,23). The molecule has 2 aromatic rings. The van der Waals surface area contributed by atoms with Crippen LogP contribution >= 0.6 is 0 Å². The number of carbonyl (C=O) groups is 1. The van der Waals surface area contributed by atoms with Gasteiger partial charge in [-0.1, -0.05) is 19.1 Å². The minimum absolute atomic E-state index is 0.0952. The number of hydrogen-bond acceptors (Lipinski definition) is 3. The summed E-state index contributed by atoms with van der Waals surface area (Å²) in [5.41, 5.74) is 2.80. The van der Waals surface area contributed by atoms with Crippen molar-refractivity contribution in [2.24, 2.45) is 11.8 Å². The highest BCUT2D eigenvalue weighted by molar-refractivity contribution is 5.91. The van der Waals surface area contributed by atoms with Crippen LogP contribution in [0.25, 0.3) is 11.3 Å². The number of aromatic amines is 1. The van der Waals surface area contributed by atoms with Gasteiger partial charge in [0.1, 0.15) is 0 Å². The van der Waals surface area contributed by atoms with E-state index in [4.69, 9.17) is 0 Å². The van der Waals surface area contributed by atoms with Crippen molar-refractivity contribution in [2.45, 2.75) is 26.2 Å². The predicted octanol–water partition coefficient (Wildman–Crippen LogP) is 3.04. The molecule has 0 bridgehead atoms. The molecule has 1 atom stereocenters. The van der Waals surface area contributed by atoms with Gasteiger partial charge in [0.2, 0.25) is 5.91 Å². The molecule has 1 aliphatic rings. The van der Waals surface area contributed by atoms with Crippen LogP contribution in [0.1, 0.15) is 26.2 Å². The number of rotatable bonds is 5. The van der Waals surface area contributed by atoms with Gasteiger partial charge in [-0.2, -0.15) is 5.10 Å². The number of hydrogen-bond donors (Lipinski definition) is 3. The van der Waals surface area contributed by atoms with E-state index in [1.807, 2.05) is 30.3 Å². The second-order valence-corrected chi connectivity index (χ2v) is 6.37. The maximum atomic E-state index is 12.3. The molecule has 2 heterocycles. The molecule has 0 radical (unpaired) electrons. The summed E-state index contributed by atoms with van der Waals surface area (Å²) in [6, 6.07) is 9.76. The minimum atomic E-state index is 0.0952. The lowest BCUT2D eigenvalue weighted by Crippen LogP contribution is -2.32. The highest BCUT2D eigenvalue weighted by atomic mass is 16.1. The molecule has 122 valence electrons. The van der Waals surface area contributed by atoms with Crippen molar-refractivity contribution in [3.8, 4) is 11.3 Å². The molecule has 23 heavy (non-hydrogen) atoms. The highest BCUT2D eigenvalue weighted by Gasteiger charge is 2.22. The van der Waals surface area contributed by atoms with Crippen LogP contribution in [0.2, 0.25) is 0 Å². The number of nitrogens with one attached hydrogen (secondary N) is 3. The number of aromatic nitrogens is 2. The molecule has 1 unspecified atom stereocenters. The van der Waals surface area contributed by atoms with Crippen LogP contribution in [0, 0.1) is 11.8 Å². The fraction of sp³-hybridized carbons (Fsp3) is 0.444. The zero-order valence-electron chi connectivity index (χ0n) is 13.5. The van der Waals surface area contributed by atoms with Gasteiger partial charge in [0.15, 0.2) is 0 Å². The summed E-state index contributed by atoms with van der Waals surface area (Å²) in [6.45, 7) is 4.34. The molecule has 1 amide bonds. The van der Waals surface area contributed by atoms with Crippen LogP contribution in [-0.2, 0) is 4.79 Å². The van der Waals surface area contributed by atoms with Gasteiger partial charge < -0.3 is 10.6 Å². The Kier molecular flexibility index (Phi) is 5.08. The van der Waals surface area contributed by atoms with E-state index >= 15 is 0 Å². The van der Waals surface area contributed by atoms with Gasteiger partial charge in [0.05, 0.1) is 5.69 Å². The van der Waals surface area contributed by atoms with Gasteiger partial charge in [-0.25, -0.2) is 0 Å². The number of benzene rings is 1. The maximum absolute atomic E-state index is 12.3. The van der Waals surface area contributed by atoms with E-state index in [9.17, 15) is 4.79 Å². The van der Waals surface area contributed by atoms with Crippen LogP contribution in [0.5, 0.6) is 0 Å². The van der Waals surface area contributed by atoms with Crippen LogP contribution in [-0.4, -0.2) is 29.2 Å². The molecular weight excluding hydrogens is 288 g/mol. The molecule has 0 saturated carbocycles. The van der Waals surface area contributed by atoms with Crippen molar-refractivity contribution < 1.29 is 4.79 Å². The van der Waals surface area contributed by atoms with Crippen LogP contribution in [0.15, 0.2) is 36.5 Å². The highest BCUT2D eigenvalue weighted by Crippen LogP contribution is 2.25. The zero-order valence-corrected chi connectivity index (χ0v) is 13.5. The average molecular weight is 312 g/mol. The topological polar surface area (TPSA) is 69.8 Å². The first-order valence-corrected chi connectivity index (χ1v) is 8.33. The largest absolute Gasteiger partial charge is 0.326 e. The quantitative estimate of drug-likeness (QED) is 0.795. The third-order valence-electron chi connectivity index (χ3n) is 4.65. The number of piperidine rings is 1. The Morgan fingerprint density at radius 3 is 2.91 bits per heavy atom. The van der Waals surface area contributed by atoms with Crippen LogP contribution in [0.4, 0.5) is 5.69 Å². The van der Waals surface area contributed by atoms with Crippen molar-refractivity contribution in [2.75, 3.05) is 18.4 Å². The third-order valence-corrected chi connectivity index (χ3v) is 4.65. The molecule has 1 aromatic carbocycles. The molecule has 1 aromatic heterocycles. The van der Waals surface area contributed by atoms with Gasteiger partial charge in [-0.05, 0) is 56.0 Å². The summed E-state index contributed by atoms with van der Waals surface area (Å²) in [5.74, 6) is 1.17. The average Bonchev–Trinajstić information content (AvgIpc) is 3.10. The SMILES string of the molecule is CC(CC(=O)Nc1cccc(-c2ccn[nH]2)c1)C1CCNCC1. The first kappa shape index (κ1) is 15.7. The predicted molar refractivity (Wildman–Crippen MR) is 92.0 cm³/mol. The Balaban J connectivity index is 1.58. The number of anilines is 1. The van der Waals surface area contributed by atoms with E-state index in [-0.39, 0.29) is 5.91 Å². The summed E-state index contributed by atoms with van der Waals surface area (Å²) in [4.78, 5) is 12.3. The van der Waals surface area contributed by atoms with Crippen LogP contribution in [0.3, 0.4) is 0 Å². The fourth-order valence-electron chi connectivity index (χ4n) is 3.27. The molecule has 3 N–H and O–H groups in total. The molecule has 0 aliphatic carbocycles. The van der Waals surface area contributed by atoms with Crippen molar-refractivity contribution in [3.05, 3.63) is 36.5 Å². The van der Waals surface area contributed by atoms with Crippen LogP contribution < -0.4 is 10.6 Å². The van der Waals surface area contributed by atoms with E-state index in [1.54, 1.807) is 6.20 Å². The second kappa shape index (κ2) is 7.42. The van der Waals surface area contributed by atoms with Gasteiger partial charge in [0.25, 0.3) is 0 Å². The van der Waals surface area contributed by atoms with Crippen molar-refractivity contribution >= 4 is 11.6 Å². The smallest absolute Gasteiger partial charge is 0.224 e. The molecule has 1 fully saturated rings. The lowest BCUT2D eigenvalue weighted by molar-refractivity contribution is -0.117. The molecule has 5 heteroatoms. The number of amides is 1. The maximum Gasteiger partial charge on any atom is 0.224 e. The Morgan fingerprint density at radius 2 is 2.17 bits per heavy atom. The zero-order chi connectivity index (χ0) is 16.1. The first-order chi connectivity index (χ1) is 11.2. The number of carbonyl (C=O) groups excluding carboxylic acids is 1. The molecule has 0 spiro atoms. The summed E-state index contributed by atoms with van der Waals surface area (Å²) in [7, 11) is 0. The fourth-order valence-corrected chi connectivity index (χ4v) is 3.27. The van der Waals surface area contributed by atoms with Crippen molar-refractivity contribution in [1.82, 2.24) is 15.5 Å². The van der Waals surface area contributed by atoms with Crippen molar-refractivity contribution in [3.63, 3.8) is 0 Å². The van der Waals surface area contributed by atoms with Gasteiger partial charge >= 0.3 is 0 Å². The molecule has 5 nitrogen and oxygen atoms in total. The minimum Gasteiger partial charge on any atom is -0.326 e. The van der Waals surface area contributed by atoms with Gasteiger partial charge in [0, 0.05) is 23.9 Å². The number of nitrogens with zero attached hydrogens (tertiary/aromatic N) is 1. The normalized spacial score (nSPS) is 16.9. The summed E-state index contributed by atoms with van der Waals surface area (Å²) in [5, 5.41) is 13.3. The lowest BCUT2D eigenvalue weighted by Gasteiger charge is -2.27. The van der Waals surface area contributed by atoms with Gasteiger partial charge in [-0.3, -0.25) is 9.89 Å². The summed E-state index contributed by atoms with van der Waals surface area (Å²) in [6.07, 6.45) is 4.65. The molecule has 3 rings (SSSR count). The van der Waals surface area contributed by atoms with E-state index < -0.39 is 0 Å². The lowest BCUT2D eigenvalue weighted by atomic mass is 9.84. The molecule has 1 saturated heterocycles. The van der Waals surface area contributed by atoms with E-state index in [0.717, 1.165) is 30.0 Å². The van der Waals surface area contributed by atoms with Crippen molar-refractivity contribution in [1.29, 1.82) is 0 Å². The third kappa shape index (κ3) is 4.20. The Hall–Kier alpha value is -2.14. The van der Waals surface area contributed by atoms with Gasteiger partial charge in [-0.15, -0.1) is 0 Å². The molecular formula is C18H24N4O. The second-order valence-electron chi connectivity index (χ2n) is 6.37. The summed E-state index contributed by atoms with van der Waals surface area (Å²) < 4.78 is 0. The van der Waals surface area contributed by atoms with E-state index in [0.29, 0.717) is 18.3 Å². The number of H-pyrrole nitrogens is 1. The molecule has 1 aliphatic heterocycles. The Labute approximate surface area is 136 Å². The Bertz CT molecular complexity index is 632. The van der Waals surface area contributed by atoms with E-state index in [2.05, 4.69) is 27.8 Å². The Morgan fingerprint density at radius 1 is 1.35 bits per heavy atom.